The maximum Gasteiger partial charge on any atom is 0.220 e. The Labute approximate surface area is 123 Å². The molecule has 2 rings (SSSR count). The first-order valence-electron chi connectivity index (χ1n) is 6.03. The molecule has 20 heavy (non-hydrogen) atoms. The fourth-order valence-corrected chi connectivity index (χ4v) is 2.07. The molecule has 0 saturated heterocycles. The van der Waals surface area contributed by atoms with Crippen LogP contribution < -0.4 is 14.8 Å². The summed E-state index contributed by atoms with van der Waals surface area (Å²) in [5.41, 5.74) is 6.76. The number of hydrogen-bond donors (Lipinski definition) is 1. The van der Waals surface area contributed by atoms with Crippen LogP contribution >= 0.6 is 15.9 Å². The summed E-state index contributed by atoms with van der Waals surface area (Å²) in [5, 5.41) is 14.1. The third-order valence-corrected chi connectivity index (χ3v) is 3.67. The zero-order chi connectivity index (χ0) is 14.5. The monoisotopic (exact) mass is 337 g/mol. The van der Waals surface area contributed by atoms with Crippen molar-refractivity contribution in [2.24, 2.45) is 11.0 Å². The zero-order valence-corrected chi connectivity index (χ0v) is 12.1. The SMILES string of the molecule is N=[N+]=NC(=Cc1cccc(OCC2CC2)c1Br)C(=O)[O-]. The molecular weight excluding hydrogens is 326 g/mol. The molecule has 0 spiro atoms. The third kappa shape index (κ3) is 3.76. The van der Waals surface area contributed by atoms with Crippen molar-refractivity contribution in [2.75, 3.05) is 6.61 Å². The van der Waals surface area contributed by atoms with Crippen LogP contribution in [0.4, 0.5) is 0 Å². The molecule has 1 aliphatic rings. The molecule has 104 valence electrons. The molecule has 0 aromatic heterocycles. The van der Waals surface area contributed by atoms with Gasteiger partial charge in [-0.2, -0.15) is 0 Å². The first-order valence-corrected chi connectivity index (χ1v) is 6.83. The standard InChI is InChI=1S/C13H12BrN3O3/c14-12-9(6-10(13(18)19)16-17-15)2-1-3-11(12)20-7-8-4-5-8/h1-3,6,8,15H,4-5,7H2. The third-order valence-electron chi connectivity index (χ3n) is 2.82. The Morgan fingerprint density at radius 2 is 2.35 bits per heavy atom. The summed E-state index contributed by atoms with van der Waals surface area (Å²) in [5.74, 6) is -0.222. The minimum absolute atomic E-state index is 0.417. The molecule has 1 saturated carbocycles. The lowest BCUT2D eigenvalue weighted by Crippen LogP contribution is -2.23. The topological polar surface area (TPSA) is 99.7 Å². The summed E-state index contributed by atoms with van der Waals surface area (Å²) in [4.78, 5) is 13.6. The minimum Gasteiger partial charge on any atom is -0.543 e. The van der Waals surface area contributed by atoms with E-state index in [1.54, 1.807) is 18.2 Å². The van der Waals surface area contributed by atoms with E-state index in [1.165, 1.54) is 18.9 Å². The van der Waals surface area contributed by atoms with Crippen LogP contribution in [0.3, 0.4) is 0 Å². The number of nitrogens with one attached hydrogen (secondary N) is 1. The molecule has 0 atom stereocenters. The quantitative estimate of drug-likeness (QED) is 0.487. The number of rotatable bonds is 6. The molecule has 0 heterocycles. The van der Waals surface area contributed by atoms with Gasteiger partial charge in [0.2, 0.25) is 4.91 Å². The van der Waals surface area contributed by atoms with E-state index in [-0.39, 0.29) is 0 Å². The fraction of sp³-hybridized carbons (Fsp3) is 0.308. The highest BCUT2D eigenvalue weighted by molar-refractivity contribution is 9.10. The van der Waals surface area contributed by atoms with Crippen molar-refractivity contribution in [3.63, 3.8) is 0 Å². The Bertz CT molecular complexity index is 601. The highest BCUT2D eigenvalue weighted by Crippen LogP contribution is 2.34. The molecule has 6 nitrogen and oxygen atoms in total. The summed E-state index contributed by atoms with van der Waals surface area (Å²) in [6.07, 6.45) is 3.66. The number of benzene rings is 1. The van der Waals surface area contributed by atoms with E-state index < -0.39 is 11.7 Å². The van der Waals surface area contributed by atoms with Crippen molar-refractivity contribution >= 4 is 28.0 Å². The van der Waals surface area contributed by atoms with Crippen LogP contribution in [0.1, 0.15) is 18.4 Å². The van der Waals surface area contributed by atoms with Crippen molar-refractivity contribution in [3.05, 3.63) is 33.9 Å². The van der Waals surface area contributed by atoms with Gasteiger partial charge < -0.3 is 14.6 Å². The van der Waals surface area contributed by atoms with Crippen LogP contribution in [0.15, 0.2) is 33.5 Å². The number of carbonyl (C=O) groups excluding carboxylic acids is 1. The van der Waals surface area contributed by atoms with Crippen molar-refractivity contribution in [3.8, 4) is 5.75 Å². The van der Waals surface area contributed by atoms with E-state index in [1.807, 2.05) is 0 Å². The van der Waals surface area contributed by atoms with Crippen molar-refractivity contribution in [1.82, 2.24) is 4.91 Å². The van der Waals surface area contributed by atoms with E-state index >= 15 is 0 Å². The highest BCUT2D eigenvalue weighted by Gasteiger charge is 2.22. The van der Waals surface area contributed by atoms with Gasteiger partial charge in [-0.3, -0.25) is 0 Å². The average Bonchev–Trinajstić information content (AvgIpc) is 3.23. The lowest BCUT2D eigenvalue weighted by Gasteiger charge is -2.09. The van der Waals surface area contributed by atoms with Gasteiger partial charge in [-0.15, -0.1) is 0 Å². The highest BCUT2D eigenvalue weighted by atomic mass is 79.9. The maximum atomic E-state index is 10.9. The second kappa shape index (κ2) is 6.45. The molecular formula is C13H12BrN3O3. The number of hydrogen-bond acceptors (Lipinski definition) is 5. The number of nitrogens with zero attached hydrogens (tertiary/aromatic N) is 2. The van der Waals surface area contributed by atoms with Crippen LogP contribution in [0.2, 0.25) is 0 Å². The van der Waals surface area contributed by atoms with Crippen LogP contribution in [-0.4, -0.2) is 12.6 Å². The molecule has 0 radical (unpaired) electrons. The summed E-state index contributed by atoms with van der Waals surface area (Å²) in [6, 6.07) is 5.26. The first-order chi connectivity index (χ1) is 9.61. The van der Waals surface area contributed by atoms with Crippen LogP contribution in [0.5, 0.6) is 5.75 Å². The minimum atomic E-state index is -1.49. The van der Waals surface area contributed by atoms with E-state index in [0.717, 1.165) is 0 Å². The number of carboxylic acid groups (broad SMARTS) is 1. The number of carboxylic acids is 1. The predicted octanol–water partition coefficient (Wildman–Crippen LogP) is 1.88. The van der Waals surface area contributed by atoms with Gasteiger partial charge in [0.15, 0.2) is 10.8 Å². The molecule has 1 aliphatic carbocycles. The normalized spacial score (nSPS) is 14.6. The van der Waals surface area contributed by atoms with Gasteiger partial charge in [-0.25, -0.2) is 0 Å². The molecule has 1 fully saturated rings. The molecule has 1 aromatic rings. The largest absolute Gasteiger partial charge is 0.543 e. The van der Waals surface area contributed by atoms with E-state index in [2.05, 4.69) is 26.0 Å². The Kier molecular flexibility index (Phi) is 4.65. The van der Waals surface area contributed by atoms with Gasteiger partial charge in [-0.05, 0) is 52.4 Å². The smallest absolute Gasteiger partial charge is 0.220 e. The molecule has 0 unspecified atom stereocenters. The fourth-order valence-electron chi connectivity index (χ4n) is 1.57. The van der Waals surface area contributed by atoms with Crippen LogP contribution in [-0.2, 0) is 4.79 Å². The number of aliphatic carboxylic acids is 1. The van der Waals surface area contributed by atoms with Crippen LogP contribution in [0, 0.1) is 11.4 Å². The summed E-state index contributed by atoms with van der Waals surface area (Å²) in [7, 11) is 0. The Hall–Kier alpha value is -1.98. The molecule has 1 N–H and O–H groups in total. The predicted molar refractivity (Wildman–Crippen MR) is 72.6 cm³/mol. The Morgan fingerprint density at radius 3 is 2.95 bits per heavy atom. The van der Waals surface area contributed by atoms with Gasteiger partial charge in [0.25, 0.3) is 0 Å². The lowest BCUT2D eigenvalue weighted by atomic mass is 10.2. The molecule has 0 bridgehead atoms. The van der Waals surface area contributed by atoms with Gasteiger partial charge in [0.1, 0.15) is 11.3 Å². The average molecular weight is 338 g/mol. The summed E-state index contributed by atoms with van der Waals surface area (Å²) < 4.78 is 6.31. The Morgan fingerprint density at radius 1 is 1.60 bits per heavy atom. The van der Waals surface area contributed by atoms with Crippen molar-refractivity contribution in [2.45, 2.75) is 12.8 Å². The molecule has 1 aromatic carbocycles. The Balaban J connectivity index is 2.26. The van der Waals surface area contributed by atoms with Gasteiger partial charge in [0.05, 0.1) is 17.0 Å². The zero-order valence-electron chi connectivity index (χ0n) is 10.5. The second-order valence-electron chi connectivity index (χ2n) is 4.43. The molecule has 7 heteroatoms. The van der Waals surface area contributed by atoms with Gasteiger partial charge in [0, 0.05) is 0 Å². The van der Waals surface area contributed by atoms with Crippen molar-refractivity contribution < 1.29 is 14.6 Å². The van der Waals surface area contributed by atoms with E-state index in [9.17, 15) is 9.90 Å². The number of ether oxygens (including phenoxy) is 1. The van der Waals surface area contributed by atoms with E-state index in [4.69, 9.17) is 10.3 Å². The first kappa shape index (κ1) is 14.4. The molecule has 0 aliphatic heterocycles. The maximum absolute atomic E-state index is 10.9. The van der Waals surface area contributed by atoms with Gasteiger partial charge in [-0.1, -0.05) is 12.1 Å². The van der Waals surface area contributed by atoms with Crippen molar-refractivity contribution in [1.29, 1.82) is 5.53 Å². The second-order valence-corrected chi connectivity index (χ2v) is 5.22. The lowest BCUT2D eigenvalue weighted by molar-refractivity contribution is -0.299. The summed E-state index contributed by atoms with van der Waals surface area (Å²) >= 11 is 3.38. The summed E-state index contributed by atoms with van der Waals surface area (Å²) in [6.45, 7) is 0.658. The van der Waals surface area contributed by atoms with Crippen LogP contribution in [0.25, 0.3) is 6.08 Å². The molecule has 0 amide bonds. The number of halogens is 1. The number of carbonyl (C=O) groups is 1. The van der Waals surface area contributed by atoms with E-state index in [0.29, 0.717) is 28.3 Å². The van der Waals surface area contributed by atoms with Gasteiger partial charge >= 0.3 is 0 Å².